The first kappa shape index (κ1) is 20.8. The van der Waals surface area contributed by atoms with Crippen LogP contribution in [0.25, 0.3) is 0 Å². The molecule has 0 fully saturated rings. The summed E-state index contributed by atoms with van der Waals surface area (Å²) in [6.45, 7) is 8.65. The zero-order valence-corrected chi connectivity index (χ0v) is 16.4. The van der Waals surface area contributed by atoms with Crippen molar-refractivity contribution in [2.24, 2.45) is 4.99 Å². The highest BCUT2D eigenvalue weighted by Gasteiger charge is 2.09. The van der Waals surface area contributed by atoms with E-state index < -0.39 is 6.10 Å². The lowest BCUT2D eigenvalue weighted by atomic mass is 10.1. The third-order valence-electron chi connectivity index (χ3n) is 3.80. The largest absolute Gasteiger partial charge is 0.491 e. The molecule has 1 atom stereocenters. The highest BCUT2D eigenvalue weighted by molar-refractivity contribution is 5.79. The Morgan fingerprint density at radius 3 is 2.85 bits per heavy atom. The number of hydrogen-bond donors (Lipinski definition) is 3. The van der Waals surface area contributed by atoms with E-state index in [9.17, 15) is 5.11 Å². The Labute approximate surface area is 161 Å². The Morgan fingerprint density at radius 2 is 2.15 bits per heavy atom. The monoisotopic (exact) mass is 373 g/mol. The number of nitrogens with one attached hydrogen (secondary N) is 2. The lowest BCUT2D eigenvalue weighted by Gasteiger charge is -2.15. The van der Waals surface area contributed by atoms with Crippen LogP contribution in [0, 0.1) is 0 Å². The minimum absolute atomic E-state index is 0.0988. The third-order valence-corrected chi connectivity index (χ3v) is 3.80. The number of aliphatic imine (C=N–C) groups is 1. The van der Waals surface area contributed by atoms with Crippen LogP contribution in [0.4, 0.5) is 0 Å². The molecule has 7 nitrogen and oxygen atoms in total. The zero-order valence-electron chi connectivity index (χ0n) is 16.4. The summed E-state index contributed by atoms with van der Waals surface area (Å²) in [4.78, 5) is 4.50. The van der Waals surface area contributed by atoms with E-state index in [-0.39, 0.29) is 12.6 Å². The van der Waals surface area contributed by atoms with Gasteiger partial charge in [0.15, 0.2) is 5.96 Å². The SMILES string of the molecule is CCNC(=NCC(O)c1cccc(OC(C)C)c1)NCCCn1cccn1. The Hall–Kier alpha value is -2.54. The maximum atomic E-state index is 10.5. The van der Waals surface area contributed by atoms with Gasteiger partial charge in [0, 0.05) is 32.0 Å². The van der Waals surface area contributed by atoms with Crippen LogP contribution >= 0.6 is 0 Å². The molecule has 0 radical (unpaired) electrons. The van der Waals surface area contributed by atoms with Crippen LogP contribution < -0.4 is 15.4 Å². The fourth-order valence-electron chi connectivity index (χ4n) is 2.57. The van der Waals surface area contributed by atoms with Gasteiger partial charge in [0.05, 0.1) is 18.8 Å². The number of ether oxygens (including phenoxy) is 1. The van der Waals surface area contributed by atoms with E-state index in [2.05, 4.69) is 20.7 Å². The number of guanidine groups is 1. The van der Waals surface area contributed by atoms with Gasteiger partial charge in [-0.15, -0.1) is 0 Å². The van der Waals surface area contributed by atoms with Crippen LogP contribution in [0.15, 0.2) is 47.7 Å². The smallest absolute Gasteiger partial charge is 0.191 e. The van der Waals surface area contributed by atoms with Crippen LogP contribution in [-0.4, -0.2) is 46.6 Å². The lowest BCUT2D eigenvalue weighted by molar-refractivity contribution is 0.185. The van der Waals surface area contributed by atoms with Gasteiger partial charge in [-0.1, -0.05) is 12.1 Å². The normalized spacial score (nSPS) is 12.9. The number of hydrogen-bond acceptors (Lipinski definition) is 4. The predicted molar refractivity (Wildman–Crippen MR) is 108 cm³/mol. The summed E-state index contributed by atoms with van der Waals surface area (Å²) in [5, 5.41) is 21.1. The zero-order chi connectivity index (χ0) is 19.5. The lowest BCUT2D eigenvalue weighted by Crippen LogP contribution is -2.38. The van der Waals surface area contributed by atoms with E-state index in [0.717, 1.165) is 37.4 Å². The fraction of sp³-hybridized carbons (Fsp3) is 0.500. The van der Waals surface area contributed by atoms with Crippen molar-refractivity contribution in [3.8, 4) is 5.75 Å². The van der Waals surface area contributed by atoms with E-state index in [1.165, 1.54) is 0 Å². The summed E-state index contributed by atoms with van der Waals surface area (Å²) in [6.07, 6.45) is 4.08. The van der Waals surface area contributed by atoms with Crippen molar-refractivity contribution in [1.82, 2.24) is 20.4 Å². The van der Waals surface area contributed by atoms with Gasteiger partial charge < -0.3 is 20.5 Å². The second-order valence-corrected chi connectivity index (χ2v) is 6.52. The first-order chi connectivity index (χ1) is 13.1. The second-order valence-electron chi connectivity index (χ2n) is 6.52. The maximum absolute atomic E-state index is 10.5. The molecule has 2 aromatic rings. The van der Waals surface area contributed by atoms with Crippen LogP contribution in [0.3, 0.4) is 0 Å². The summed E-state index contributed by atoms with van der Waals surface area (Å²) >= 11 is 0. The molecular weight excluding hydrogens is 342 g/mol. The first-order valence-electron chi connectivity index (χ1n) is 9.52. The molecule has 0 bridgehead atoms. The molecule has 2 rings (SSSR count). The number of aromatic nitrogens is 2. The standard InChI is InChI=1S/C20H31N5O2/c1-4-21-20(22-10-6-12-25-13-7-11-24-25)23-15-19(26)17-8-5-9-18(14-17)27-16(2)3/h5,7-9,11,13-14,16,19,26H,4,6,10,12,15H2,1-3H3,(H2,21,22,23). The Balaban J connectivity index is 1.85. The topological polar surface area (TPSA) is 83.7 Å². The van der Waals surface area contributed by atoms with Gasteiger partial charge in [0.25, 0.3) is 0 Å². The summed E-state index contributed by atoms with van der Waals surface area (Å²) < 4.78 is 7.59. The molecule has 0 amide bonds. The van der Waals surface area contributed by atoms with Gasteiger partial charge in [-0.3, -0.25) is 9.67 Å². The van der Waals surface area contributed by atoms with Crippen LogP contribution in [0.5, 0.6) is 5.75 Å². The van der Waals surface area contributed by atoms with E-state index in [1.807, 2.05) is 62.0 Å². The Bertz CT molecular complexity index is 685. The molecule has 27 heavy (non-hydrogen) atoms. The highest BCUT2D eigenvalue weighted by Crippen LogP contribution is 2.20. The molecule has 3 N–H and O–H groups in total. The Morgan fingerprint density at radius 1 is 1.30 bits per heavy atom. The molecule has 0 aliphatic rings. The van der Waals surface area contributed by atoms with Crippen LogP contribution in [0.2, 0.25) is 0 Å². The van der Waals surface area contributed by atoms with Gasteiger partial charge >= 0.3 is 0 Å². The third kappa shape index (κ3) is 7.70. The van der Waals surface area contributed by atoms with Gasteiger partial charge in [-0.2, -0.15) is 5.10 Å². The second kappa shape index (κ2) is 11.2. The fourth-order valence-corrected chi connectivity index (χ4v) is 2.57. The van der Waals surface area contributed by atoms with Crippen molar-refractivity contribution in [3.05, 3.63) is 48.3 Å². The molecule has 1 aromatic carbocycles. The van der Waals surface area contributed by atoms with E-state index >= 15 is 0 Å². The number of rotatable bonds is 10. The van der Waals surface area contributed by atoms with E-state index in [1.54, 1.807) is 6.20 Å². The average Bonchev–Trinajstić information content (AvgIpc) is 3.16. The summed E-state index contributed by atoms with van der Waals surface area (Å²) in [5.41, 5.74) is 0.798. The molecular formula is C20H31N5O2. The van der Waals surface area contributed by atoms with Crippen molar-refractivity contribution in [2.45, 2.75) is 45.9 Å². The minimum Gasteiger partial charge on any atom is -0.491 e. The van der Waals surface area contributed by atoms with Gasteiger partial charge in [-0.05, 0) is 51.0 Å². The van der Waals surface area contributed by atoms with Crippen molar-refractivity contribution < 1.29 is 9.84 Å². The van der Waals surface area contributed by atoms with Gasteiger partial charge in [0.1, 0.15) is 5.75 Å². The van der Waals surface area contributed by atoms with Crippen molar-refractivity contribution >= 4 is 5.96 Å². The summed E-state index contributed by atoms with van der Waals surface area (Å²) in [7, 11) is 0. The number of aliphatic hydroxyl groups excluding tert-OH is 1. The van der Waals surface area contributed by atoms with Crippen LogP contribution in [0.1, 0.15) is 38.9 Å². The summed E-state index contributed by atoms with van der Waals surface area (Å²) in [6, 6.07) is 9.45. The average molecular weight is 374 g/mol. The number of aliphatic hydroxyl groups is 1. The quantitative estimate of drug-likeness (QED) is 0.338. The first-order valence-corrected chi connectivity index (χ1v) is 9.52. The molecule has 0 aliphatic carbocycles. The molecule has 0 spiro atoms. The van der Waals surface area contributed by atoms with Crippen molar-refractivity contribution in [2.75, 3.05) is 19.6 Å². The highest BCUT2D eigenvalue weighted by atomic mass is 16.5. The van der Waals surface area contributed by atoms with Crippen molar-refractivity contribution in [3.63, 3.8) is 0 Å². The summed E-state index contributed by atoms with van der Waals surface area (Å²) in [5.74, 6) is 1.46. The minimum atomic E-state index is -0.680. The number of aryl methyl sites for hydroxylation is 1. The molecule has 0 saturated carbocycles. The molecule has 1 heterocycles. The Kier molecular flexibility index (Phi) is 8.64. The number of benzene rings is 1. The molecule has 148 valence electrons. The maximum Gasteiger partial charge on any atom is 0.191 e. The predicted octanol–water partition coefficient (Wildman–Crippen LogP) is 2.35. The van der Waals surface area contributed by atoms with Gasteiger partial charge in [-0.25, -0.2) is 0 Å². The van der Waals surface area contributed by atoms with Gasteiger partial charge in [0.2, 0.25) is 0 Å². The molecule has 1 unspecified atom stereocenters. The van der Waals surface area contributed by atoms with E-state index in [0.29, 0.717) is 5.96 Å². The molecule has 7 heteroatoms. The molecule has 0 aliphatic heterocycles. The number of nitrogens with zero attached hydrogens (tertiary/aromatic N) is 3. The van der Waals surface area contributed by atoms with E-state index in [4.69, 9.17) is 4.74 Å². The van der Waals surface area contributed by atoms with Crippen LogP contribution in [-0.2, 0) is 6.54 Å². The molecule has 0 saturated heterocycles. The molecule has 1 aromatic heterocycles. The van der Waals surface area contributed by atoms with Crippen molar-refractivity contribution in [1.29, 1.82) is 0 Å².